The van der Waals surface area contributed by atoms with Gasteiger partial charge in [0.2, 0.25) is 5.78 Å². The average molecular weight is 228 g/mol. The van der Waals surface area contributed by atoms with E-state index in [0.29, 0.717) is 12.8 Å². The summed E-state index contributed by atoms with van der Waals surface area (Å²) in [4.78, 5) is 23.4. The van der Waals surface area contributed by atoms with Gasteiger partial charge in [-0.2, -0.15) is 0 Å². The molecule has 86 valence electrons. The van der Waals surface area contributed by atoms with Crippen molar-refractivity contribution in [2.24, 2.45) is 0 Å². The standard InChI is InChI=1S/C14H12O3/c1-9-2-3-10-4-5-12(15)14(11(10)8-9)7-6-13(16)17-14/h2-5,8H,6-7H2,1H3/t14-/m0/s1. The van der Waals surface area contributed by atoms with Gasteiger partial charge in [0, 0.05) is 12.0 Å². The van der Waals surface area contributed by atoms with Crippen LogP contribution in [0.3, 0.4) is 0 Å². The van der Waals surface area contributed by atoms with E-state index in [9.17, 15) is 9.59 Å². The molecule has 0 aromatic heterocycles. The largest absolute Gasteiger partial charge is 0.446 e. The third kappa shape index (κ3) is 1.35. The molecule has 1 atom stereocenters. The van der Waals surface area contributed by atoms with Crippen LogP contribution in [-0.2, 0) is 19.9 Å². The fourth-order valence-electron chi connectivity index (χ4n) is 2.54. The van der Waals surface area contributed by atoms with E-state index < -0.39 is 5.60 Å². The normalized spacial score (nSPS) is 26.2. The van der Waals surface area contributed by atoms with Crippen LogP contribution >= 0.6 is 0 Å². The molecule has 1 fully saturated rings. The van der Waals surface area contributed by atoms with Crippen molar-refractivity contribution in [1.82, 2.24) is 0 Å². The first-order chi connectivity index (χ1) is 8.12. The number of esters is 1. The predicted molar refractivity (Wildman–Crippen MR) is 62.2 cm³/mol. The van der Waals surface area contributed by atoms with E-state index in [1.54, 1.807) is 6.08 Å². The van der Waals surface area contributed by atoms with Gasteiger partial charge in [-0.3, -0.25) is 9.59 Å². The Hall–Kier alpha value is -1.90. The highest BCUT2D eigenvalue weighted by Crippen LogP contribution is 2.42. The quantitative estimate of drug-likeness (QED) is 0.639. The molecule has 1 aliphatic carbocycles. The SMILES string of the molecule is Cc1ccc2c(c1)[C@@]1(CCC(=O)O1)C(=O)C=C2. The van der Waals surface area contributed by atoms with E-state index in [4.69, 9.17) is 4.74 Å². The molecule has 17 heavy (non-hydrogen) atoms. The third-order valence-corrected chi connectivity index (χ3v) is 3.43. The number of hydrogen-bond donors (Lipinski definition) is 0. The second-order valence-corrected chi connectivity index (χ2v) is 4.59. The van der Waals surface area contributed by atoms with E-state index in [2.05, 4.69) is 0 Å². The van der Waals surface area contributed by atoms with Crippen molar-refractivity contribution in [2.45, 2.75) is 25.4 Å². The van der Waals surface area contributed by atoms with Gasteiger partial charge < -0.3 is 4.74 Å². The maximum absolute atomic E-state index is 12.1. The van der Waals surface area contributed by atoms with E-state index in [1.165, 1.54) is 6.08 Å². The highest BCUT2D eigenvalue weighted by atomic mass is 16.6. The van der Waals surface area contributed by atoms with Crippen molar-refractivity contribution in [3.8, 4) is 0 Å². The lowest BCUT2D eigenvalue weighted by molar-refractivity contribution is -0.156. The summed E-state index contributed by atoms with van der Waals surface area (Å²) in [5, 5.41) is 0. The molecular formula is C14H12O3. The van der Waals surface area contributed by atoms with Crippen LogP contribution in [0, 0.1) is 6.92 Å². The molecule has 1 aliphatic heterocycles. The molecule has 0 N–H and O–H groups in total. The average Bonchev–Trinajstić information content (AvgIpc) is 2.69. The van der Waals surface area contributed by atoms with Gasteiger partial charge in [-0.25, -0.2) is 0 Å². The number of aryl methyl sites for hydroxylation is 1. The number of carbonyl (C=O) groups is 2. The Morgan fingerprint density at radius 3 is 2.76 bits per heavy atom. The fraction of sp³-hybridized carbons (Fsp3) is 0.286. The van der Waals surface area contributed by atoms with E-state index in [1.807, 2.05) is 25.1 Å². The fourth-order valence-corrected chi connectivity index (χ4v) is 2.54. The maximum atomic E-state index is 12.1. The minimum absolute atomic E-state index is 0.124. The summed E-state index contributed by atoms with van der Waals surface area (Å²) < 4.78 is 5.34. The van der Waals surface area contributed by atoms with Crippen molar-refractivity contribution in [1.29, 1.82) is 0 Å². The number of hydrogen-bond acceptors (Lipinski definition) is 3. The molecule has 0 radical (unpaired) electrons. The van der Waals surface area contributed by atoms with Crippen molar-refractivity contribution in [3.05, 3.63) is 41.0 Å². The number of benzene rings is 1. The third-order valence-electron chi connectivity index (χ3n) is 3.43. The lowest BCUT2D eigenvalue weighted by Gasteiger charge is -2.29. The van der Waals surface area contributed by atoms with Crippen LogP contribution < -0.4 is 0 Å². The number of fused-ring (bicyclic) bond motifs is 2. The summed E-state index contributed by atoms with van der Waals surface area (Å²) in [6.45, 7) is 1.97. The van der Waals surface area contributed by atoms with Crippen LogP contribution in [0.4, 0.5) is 0 Å². The highest BCUT2D eigenvalue weighted by molar-refractivity contribution is 6.06. The summed E-state index contributed by atoms with van der Waals surface area (Å²) in [6, 6.07) is 5.89. The topological polar surface area (TPSA) is 43.4 Å². The molecule has 0 amide bonds. The van der Waals surface area contributed by atoms with Gasteiger partial charge >= 0.3 is 5.97 Å². The summed E-state index contributed by atoms with van der Waals surface area (Å²) in [6.07, 6.45) is 4.06. The number of rotatable bonds is 0. The van der Waals surface area contributed by atoms with E-state index in [0.717, 1.165) is 16.7 Å². The lowest BCUT2D eigenvalue weighted by atomic mass is 9.79. The Morgan fingerprint density at radius 1 is 1.24 bits per heavy atom. The summed E-state index contributed by atoms with van der Waals surface area (Å²) in [7, 11) is 0. The molecule has 0 unspecified atom stereocenters. The number of carbonyl (C=O) groups excluding carboxylic acids is 2. The molecule has 0 saturated carbocycles. The minimum Gasteiger partial charge on any atom is -0.446 e. The van der Waals surface area contributed by atoms with Gasteiger partial charge in [-0.15, -0.1) is 0 Å². The monoisotopic (exact) mass is 228 g/mol. The van der Waals surface area contributed by atoms with Crippen molar-refractivity contribution >= 4 is 17.8 Å². The second kappa shape index (κ2) is 3.29. The Bertz CT molecular complexity index is 557. The van der Waals surface area contributed by atoms with Crippen LogP contribution in [0.2, 0.25) is 0 Å². The highest BCUT2D eigenvalue weighted by Gasteiger charge is 2.49. The first-order valence-corrected chi connectivity index (χ1v) is 5.67. The Labute approximate surface area is 99.1 Å². The van der Waals surface area contributed by atoms with Crippen LogP contribution in [0.15, 0.2) is 24.3 Å². The zero-order valence-corrected chi connectivity index (χ0v) is 9.53. The first-order valence-electron chi connectivity index (χ1n) is 5.67. The number of ether oxygens (including phenoxy) is 1. The van der Waals surface area contributed by atoms with Crippen LogP contribution in [-0.4, -0.2) is 11.8 Å². The van der Waals surface area contributed by atoms with Gasteiger partial charge in [0.15, 0.2) is 5.60 Å². The summed E-state index contributed by atoms with van der Waals surface area (Å²) >= 11 is 0. The van der Waals surface area contributed by atoms with E-state index in [-0.39, 0.29) is 11.8 Å². The Morgan fingerprint density at radius 2 is 2.06 bits per heavy atom. The van der Waals surface area contributed by atoms with Crippen molar-refractivity contribution < 1.29 is 14.3 Å². The molecular weight excluding hydrogens is 216 g/mol. The smallest absolute Gasteiger partial charge is 0.307 e. The molecule has 1 spiro atoms. The first kappa shape index (κ1) is 10.3. The van der Waals surface area contributed by atoms with Crippen molar-refractivity contribution in [3.63, 3.8) is 0 Å². The van der Waals surface area contributed by atoms with Crippen LogP contribution in [0.1, 0.15) is 29.5 Å². The molecule has 2 aliphatic rings. The zero-order chi connectivity index (χ0) is 12.0. The Balaban J connectivity index is 2.23. The number of ketones is 1. The second-order valence-electron chi connectivity index (χ2n) is 4.59. The summed E-state index contributed by atoms with van der Waals surface area (Å²) in [5.41, 5.74) is 1.81. The molecule has 3 rings (SSSR count). The van der Waals surface area contributed by atoms with Crippen molar-refractivity contribution in [2.75, 3.05) is 0 Å². The molecule has 3 nitrogen and oxygen atoms in total. The molecule has 1 aromatic rings. The Kier molecular flexibility index (Phi) is 1.99. The molecule has 1 saturated heterocycles. The van der Waals surface area contributed by atoms with Crippen LogP contribution in [0.5, 0.6) is 0 Å². The zero-order valence-electron chi connectivity index (χ0n) is 9.53. The van der Waals surface area contributed by atoms with Gasteiger partial charge in [0.1, 0.15) is 0 Å². The maximum Gasteiger partial charge on any atom is 0.307 e. The van der Waals surface area contributed by atoms with E-state index >= 15 is 0 Å². The lowest BCUT2D eigenvalue weighted by Crippen LogP contribution is -2.37. The van der Waals surface area contributed by atoms with Crippen LogP contribution in [0.25, 0.3) is 6.08 Å². The molecule has 0 bridgehead atoms. The minimum atomic E-state index is -1.05. The molecule has 3 heteroatoms. The molecule has 1 aromatic carbocycles. The van der Waals surface area contributed by atoms with Gasteiger partial charge in [-0.1, -0.05) is 29.8 Å². The van der Waals surface area contributed by atoms with Gasteiger partial charge in [0.25, 0.3) is 0 Å². The van der Waals surface area contributed by atoms with Gasteiger partial charge in [-0.05, 0) is 18.6 Å². The van der Waals surface area contributed by atoms with Gasteiger partial charge in [0.05, 0.1) is 6.42 Å². The molecule has 1 heterocycles. The summed E-state index contributed by atoms with van der Waals surface area (Å²) in [5.74, 6) is -0.414. The predicted octanol–water partition coefficient (Wildman–Crippen LogP) is 2.12.